The fourth-order valence-corrected chi connectivity index (χ4v) is 2.22. The van der Waals surface area contributed by atoms with Crippen LogP contribution < -0.4 is 10.2 Å². The lowest BCUT2D eigenvalue weighted by atomic mass is 10.1. The number of nitroso groups, excluding NO2 is 1. The first-order valence-electron chi connectivity index (χ1n) is 7.00. The average molecular weight is 291 g/mol. The first kappa shape index (κ1) is 15.2. The smallest absolute Gasteiger partial charge is 0.317 e. The van der Waals surface area contributed by atoms with Gasteiger partial charge in [0.1, 0.15) is 0 Å². The molecular weight excluding hydrogens is 270 g/mol. The minimum Gasteiger partial charge on any atom is -0.368 e. The lowest BCUT2D eigenvalue weighted by Gasteiger charge is -2.37. The number of anilines is 1. The average Bonchev–Trinajstić information content (AvgIpc) is 2.46. The van der Waals surface area contributed by atoms with Crippen LogP contribution in [0, 0.1) is 4.91 Å². The predicted molar refractivity (Wildman–Crippen MR) is 81.8 cm³/mol. The highest BCUT2D eigenvalue weighted by atomic mass is 16.3. The monoisotopic (exact) mass is 291 g/mol. The molecule has 1 saturated heterocycles. The third-order valence-corrected chi connectivity index (χ3v) is 3.24. The molecule has 1 aliphatic rings. The van der Waals surface area contributed by atoms with Crippen molar-refractivity contribution in [3.63, 3.8) is 0 Å². The lowest BCUT2D eigenvalue weighted by molar-refractivity contribution is 0.185. The highest BCUT2D eigenvalue weighted by Gasteiger charge is 2.24. The number of hydrogen-bond donors (Lipinski definition) is 1. The summed E-state index contributed by atoms with van der Waals surface area (Å²) in [6, 6.07) is 3.48. The van der Waals surface area contributed by atoms with Crippen LogP contribution in [-0.4, -0.2) is 47.6 Å². The van der Waals surface area contributed by atoms with Crippen molar-refractivity contribution in [2.75, 3.05) is 31.1 Å². The van der Waals surface area contributed by atoms with Crippen molar-refractivity contribution in [3.8, 4) is 0 Å². The van der Waals surface area contributed by atoms with Crippen molar-refractivity contribution in [1.82, 2.24) is 15.2 Å². The Balaban J connectivity index is 1.93. The Labute approximate surface area is 124 Å². The van der Waals surface area contributed by atoms with Gasteiger partial charge in [-0.3, -0.25) is 0 Å². The summed E-state index contributed by atoms with van der Waals surface area (Å²) in [5, 5.41) is 5.81. The van der Waals surface area contributed by atoms with Crippen LogP contribution in [0.1, 0.15) is 20.8 Å². The van der Waals surface area contributed by atoms with Crippen LogP contribution in [0.2, 0.25) is 0 Å². The van der Waals surface area contributed by atoms with Crippen LogP contribution in [0.25, 0.3) is 0 Å². The van der Waals surface area contributed by atoms with Crippen molar-refractivity contribution < 1.29 is 4.79 Å². The normalized spacial score (nSPS) is 15.8. The molecule has 0 radical (unpaired) electrons. The fraction of sp³-hybridized carbons (Fsp3) is 0.571. The summed E-state index contributed by atoms with van der Waals surface area (Å²) in [5.74, 6) is 0.181. The largest absolute Gasteiger partial charge is 0.368 e. The number of piperazine rings is 1. The Morgan fingerprint density at radius 1 is 1.29 bits per heavy atom. The van der Waals surface area contributed by atoms with E-state index >= 15 is 0 Å². The molecule has 0 aliphatic carbocycles. The van der Waals surface area contributed by atoms with Crippen molar-refractivity contribution in [3.05, 3.63) is 23.2 Å². The van der Waals surface area contributed by atoms with Gasteiger partial charge in [-0.2, -0.15) is 0 Å². The van der Waals surface area contributed by atoms with Gasteiger partial charge in [-0.25, -0.2) is 9.78 Å². The number of hydrogen-bond acceptors (Lipinski definition) is 5. The van der Waals surface area contributed by atoms with E-state index in [0.29, 0.717) is 13.1 Å². The number of nitrogens with one attached hydrogen (secondary N) is 1. The summed E-state index contributed by atoms with van der Waals surface area (Å²) in [4.78, 5) is 30.4. The zero-order chi connectivity index (χ0) is 15.5. The molecule has 0 bridgehead atoms. The van der Waals surface area contributed by atoms with Gasteiger partial charge >= 0.3 is 6.03 Å². The third-order valence-electron chi connectivity index (χ3n) is 3.24. The standard InChI is InChI=1S/C14H21N5O2/c1-14(2,3)16-13(20)19-8-6-18(7-9-19)11-4-5-15-12(10-11)17-21/h4-5,10H,6-9H2,1-3H3,(H,16,20). The van der Waals surface area contributed by atoms with Gasteiger partial charge in [-0.1, -0.05) is 0 Å². The van der Waals surface area contributed by atoms with Gasteiger partial charge in [-0.05, 0) is 32.0 Å². The van der Waals surface area contributed by atoms with E-state index in [1.54, 1.807) is 12.3 Å². The van der Waals surface area contributed by atoms with E-state index in [1.807, 2.05) is 31.7 Å². The number of urea groups is 1. The molecule has 1 aliphatic heterocycles. The molecular formula is C14H21N5O2. The summed E-state index contributed by atoms with van der Waals surface area (Å²) in [6.45, 7) is 8.63. The maximum absolute atomic E-state index is 12.1. The molecule has 7 nitrogen and oxygen atoms in total. The molecule has 21 heavy (non-hydrogen) atoms. The SMILES string of the molecule is CC(C)(C)NC(=O)N1CCN(c2ccnc(N=O)c2)CC1. The van der Waals surface area contributed by atoms with Gasteiger partial charge in [0.25, 0.3) is 0 Å². The Morgan fingerprint density at radius 3 is 2.52 bits per heavy atom. The molecule has 2 amide bonds. The second kappa shape index (κ2) is 6.07. The Morgan fingerprint density at radius 2 is 1.95 bits per heavy atom. The minimum atomic E-state index is -0.232. The molecule has 2 heterocycles. The van der Waals surface area contributed by atoms with Crippen LogP contribution in [-0.2, 0) is 0 Å². The number of carbonyl (C=O) groups is 1. The van der Waals surface area contributed by atoms with E-state index < -0.39 is 0 Å². The van der Waals surface area contributed by atoms with E-state index in [9.17, 15) is 9.70 Å². The second-order valence-electron chi connectivity index (χ2n) is 6.12. The number of aromatic nitrogens is 1. The zero-order valence-electron chi connectivity index (χ0n) is 12.7. The number of carbonyl (C=O) groups excluding carboxylic acids is 1. The summed E-state index contributed by atoms with van der Waals surface area (Å²) < 4.78 is 0. The molecule has 2 rings (SSSR count). The predicted octanol–water partition coefficient (Wildman–Crippen LogP) is 2.11. The molecule has 0 saturated carbocycles. The molecule has 1 N–H and O–H groups in total. The van der Waals surface area contributed by atoms with E-state index in [4.69, 9.17) is 0 Å². The third kappa shape index (κ3) is 4.14. The van der Waals surface area contributed by atoms with Gasteiger partial charge < -0.3 is 15.1 Å². The van der Waals surface area contributed by atoms with Crippen LogP contribution >= 0.6 is 0 Å². The van der Waals surface area contributed by atoms with Gasteiger partial charge in [0.05, 0.1) is 0 Å². The van der Waals surface area contributed by atoms with E-state index in [0.717, 1.165) is 18.8 Å². The van der Waals surface area contributed by atoms with E-state index in [-0.39, 0.29) is 17.4 Å². The van der Waals surface area contributed by atoms with Gasteiger partial charge in [-0.15, -0.1) is 4.91 Å². The summed E-state index contributed by atoms with van der Waals surface area (Å²) in [7, 11) is 0. The zero-order valence-corrected chi connectivity index (χ0v) is 12.7. The first-order chi connectivity index (χ1) is 9.89. The lowest BCUT2D eigenvalue weighted by Crippen LogP contribution is -2.55. The fourth-order valence-electron chi connectivity index (χ4n) is 2.22. The quantitative estimate of drug-likeness (QED) is 0.846. The topological polar surface area (TPSA) is 77.9 Å². The van der Waals surface area contributed by atoms with Crippen LogP contribution in [0.15, 0.2) is 23.5 Å². The van der Waals surface area contributed by atoms with Crippen molar-refractivity contribution >= 4 is 17.5 Å². The number of nitrogens with zero attached hydrogens (tertiary/aromatic N) is 4. The highest BCUT2D eigenvalue weighted by molar-refractivity contribution is 5.75. The summed E-state index contributed by atoms with van der Waals surface area (Å²) in [6.07, 6.45) is 1.57. The molecule has 0 atom stereocenters. The second-order valence-corrected chi connectivity index (χ2v) is 6.12. The Kier molecular flexibility index (Phi) is 4.40. The maximum atomic E-state index is 12.1. The number of pyridine rings is 1. The molecule has 1 aromatic rings. The number of rotatable bonds is 2. The van der Waals surface area contributed by atoms with Gasteiger partial charge in [0, 0.05) is 49.7 Å². The minimum absolute atomic E-state index is 0.0351. The van der Waals surface area contributed by atoms with Crippen molar-refractivity contribution in [1.29, 1.82) is 0 Å². The van der Waals surface area contributed by atoms with E-state index in [1.165, 1.54) is 0 Å². The molecule has 1 aromatic heterocycles. The highest BCUT2D eigenvalue weighted by Crippen LogP contribution is 2.20. The molecule has 1 fully saturated rings. The van der Waals surface area contributed by atoms with Gasteiger partial charge in [0.2, 0.25) is 0 Å². The summed E-state index contributed by atoms with van der Waals surface area (Å²) in [5.41, 5.74) is 0.680. The molecule has 0 spiro atoms. The molecule has 7 heteroatoms. The Hall–Kier alpha value is -2.18. The molecule has 0 unspecified atom stereocenters. The van der Waals surface area contributed by atoms with Crippen LogP contribution in [0.3, 0.4) is 0 Å². The van der Waals surface area contributed by atoms with E-state index in [2.05, 4.69) is 20.4 Å². The molecule has 0 aromatic carbocycles. The van der Waals surface area contributed by atoms with Crippen LogP contribution in [0.4, 0.5) is 16.3 Å². The first-order valence-corrected chi connectivity index (χ1v) is 7.00. The summed E-state index contributed by atoms with van der Waals surface area (Å²) >= 11 is 0. The van der Waals surface area contributed by atoms with Gasteiger partial charge in [0.15, 0.2) is 5.82 Å². The van der Waals surface area contributed by atoms with Crippen molar-refractivity contribution in [2.45, 2.75) is 26.3 Å². The molecule has 114 valence electrons. The Bertz CT molecular complexity index is 518. The van der Waals surface area contributed by atoms with Crippen LogP contribution in [0.5, 0.6) is 0 Å². The number of amides is 2. The van der Waals surface area contributed by atoms with Crippen molar-refractivity contribution in [2.24, 2.45) is 5.18 Å². The maximum Gasteiger partial charge on any atom is 0.317 e.